The molecule has 1 atom stereocenters. The van der Waals surface area contributed by atoms with Gasteiger partial charge >= 0.3 is 0 Å². The minimum Gasteiger partial charge on any atom is -0.393 e. The Morgan fingerprint density at radius 1 is 1.19 bits per heavy atom. The number of rotatable bonds is 5. The zero-order chi connectivity index (χ0) is 11.5. The van der Waals surface area contributed by atoms with Crippen molar-refractivity contribution in [2.75, 3.05) is 0 Å². The van der Waals surface area contributed by atoms with E-state index in [-0.39, 0.29) is 6.10 Å². The Bertz CT molecular complexity index is 322. The monoisotopic (exact) mass is 218 g/mol. The molecule has 16 heavy (non-hydrogen) atoms. The van der Waals surface area contributed by atoms with E-state index in [4.69, 9.17) is 0 Å². The van der Waals surface area contributed by atoms with Crippen LogP contribution in [0.1, 0.15) is 50.2 Å². The second kappa shape index (κ2) is 5.01. The number of benzene rings is 1. The third-order valence-electron chi connectivity index (χ3n) is 3.54. The fourth-order valence-electron chi connectivity index (χ4n) is 2.10. The maximum Gasteiger partial charge on any atom is 0.0571 e. The Morgan fingerprint density at radius 2 is 1.81 bits per heavy atom. The molecule has 1 aromatic carbocycles. The van der Waals surface area contributed by atoms with Gasteiger partial charge < -0.3 is 5.11 Å². The van der Waals surface area contributed by atoms with E-state index in [1.165, 1.54) is 24.0 Å². The van der Waals surface area contributed by atoms with Crippen molar-refractivity contribution in [3.63, 3.8) is 0 Å². The van der Waals surface area contributed by atoms with Crippen LogP contribution in [0.15, 0.2) is 24.3 Å². The minimum absolute atomic E-state index is 0.0650. The van der Waals surface area contributed by atoms with Gasteiger partial charge in [-0.05, 0) is 48.6 Å². The van der Waals surface area contributed by atoms with Crippen LogP contribution < -0.4 is 0 Å². The molecule has 0 bridgehead atoms. The molecule has 0 saturated heterocycles. The summed E-state index contributed by atoms with van der Waals surface area (Å²) in [6.07, 6.45) is 4.33. The minimum atomic E-state index is -0.0650. The molecule has 1 aliphatic carbocycles. The average molecular weight is 218 g/mol. The highest BCUT2D eigenvalue weighted by Crippen LogP contribution is 2.34. The van der Waals surface area contributed by atoms with E-state index in [0.29, 0.717) is 11.8 Å². The first-order valence-corrected chi connectivity index (χ1v) is 6.43. The van der Waals surface area contributed by atoms with Gasteiger partial charge in [-0.2, -0.15) is 0 Å². The van der Waals surface area contributed by atoms with Crippen molar-refractivity contribution in [1.82, 2.24) is 0 Å². The summed E-state index contributed by atoms with van der Waals surface area (Å²) in [5.41, 5.74) is 2.75. The predicted octanol–water partition coefficient (Wildman–Crippen LogP) is 3.51. The number of hydrogen-bond acceptors (Lipinski definition) is 1. The lowest BCUT2D eigenvalue weighted by Crippen LogP contribution is -2.10. The first-order chi connectivity index (χ1) is 7.66. The highest BCUT2D eigenvalue weighted by atomic mass is 16.3. The average Bonchev–Trinajstić information content (AvgIpc) is 3.10. The van der Waals surface area contributed by atoms with Crippen LogP contribution in [-0.2, 0) is 6.42 Å². The van der Waals surface area contributed by atoms with Gasteiger partial charge in [0.2, 0.25) is 0 Å². The van der Waals surface area contributed by atoms with Crippen molar-refractivity contribution in [3.05, 3.63) is 35.4 Å². The van der Waals surface area contributed by atoms with Crippen molar-refractivity contribution in [2.24, 2.45) is 5.92 Å². The van der Waals surface area contributed by atoms with Gasteiger partial charge in [0.1, 0.15) is 0 Å². The van der Waals surface area contributed by atoms with Gasteiger partial charge in [-0.25, -0.2) is 0 Å². The van der Waals surface area contributed by atoms with Gasteiger partial charge in [0.15, 0.2) is 0 Å². The molecule has 0 spiro atoms. The van der Waals surface area contributed by atoms with Crippen molar-refractivity contribution >= 4 is 0 Å². The summed E-state index contributed by atoms with van der Waals surface area (Å²) in [5, 5.41) is 9.79. The van der Waals surface area contributed by atoms with E-state index in [1.54, 1.807) is 0 Å². The third-order valence-corrected chi connectivity index (χ3v) is 3.54. The molecule has 2 rings (SSSR count). The van der Waals surface area contributed by atoms with E-state index in [2.05, 4.69) is 38.1 Å². The van der Waals surface area contributed by atoms with E-state index >= 15 is 0 Å². The van der Waals surface area contributed by atoms with Crippen molar-refractivity contribution in [1.29, 1.82) is 0 Å². The fraction of sp³-hybridized carbons (Fsp3) is 0.600. The van der Waals surface area contributed by atoms with Crippen LogP contribution in [0, 0.1) is 5.92 Å². The molecule has 88 valence electrons. The summed E-state index contributed by atoms with van der Waals surface area (Å²) in [4.78, 5) is 0. The summed E-state index contributed by atoms with van der Waals surface area (Å²) >= 11 is 0. The number of aliphatic hydroxyl groups excluding tert-OH is 1. The fourth-order valence-corrected chi connectivity index (χ4v) is 2.10. The SMILES string of the molecule is CC(C)c1ccc(CCC(O)C2CC2)cc1. The van der Waals surface area contributed by atoms with Crippen molar-refractivity contribution in [3.8, 4) is 0 Å². The van der Waals surface area contributed by atoms with E-state index in [1.807, 2.05) is 0 Å². The second-order valence-electron chi connectivity index (χ2n) is 5.34. The molecule has 0 aliphatic heterocycles. The highest BCUT2D eigenvalue weighted by molar-refractivity contribution is 5.24. The van der Waals surface area contributed by atoms with Crippen LogP contribution in [0.4, 0.5) is 0 Å². The van der Waals surface area contributed by atoms with Crippen molar-refractivity contribution in [2.45, 2.75) is 51.6 Å². The predicted molar refractivity (Wildman–Crippen MR) is 67.6 cm³/mol. The molecular formula is C15H22O. The molecule has 0 amide bonds. The molecule has 1 N–H and O–H groups in total. The Labute approximate surface area is 98.5 Å². The first kappa shape index (κ1) is 11.7. The Kier molecular flexibility index (Phi) is 3.65. The Hall–Kier alpha value is -0.820. The number of hydrogen-bond donors (Lipinski definition) is 1. The number of aliphatic hydroxyl groups is 1. The molecule has 0 heterocycles. The third kappa shape index (κ3) is 3.08. The van der Waals surface area contributed by atoms with E-state index in [0.717, 1.165) is 12.8 Å². The highest BCUT2D eigenvalue weighted by Gasteiger charge is 2.28. The second-order valence-corrected chi connectivity index (χ2v) is 5.34. The molecule has 1 aromatic rings. The zero-order valence-electron chi connectivity index (χ0n) is 10.3. The maximum absolute atomic E-state index is 9.79. The molecule has 1 fully saturated rings. The van der Waals surface area contributed by atoms with Gasteiger partial charge in [-0.15, -0.1) is 0 Å². The first-order valence-electron chi connectivity index (χ1n) is 6.43. The van der Waals surface area contributed by atoms with Gasteiger partial charge in [0, 0.05) is 0 Å². The van der Waals surface area contributed by atoms with Gasteiger partial charge in [-0.3, -0.25) is 0 Å². The zero-order valence-corrected chi connectivity index (χ0v) is 10.3. The Balaban J connectivity index is 1.84. The summed E-state index contributed by atoms with van der Waals surface area (Å²) in [6, 6.07) is 8.83. The summed E-state index contributed by atoms with van der Waals surface area (Å²) in [7, 11) is 0. The molecule has 1 nitrogen and oxygen atoms in total. The van der Waals surface area contributed by atoms with Gasteiger partial charge in [-0.1, -0.05) is 38.1 Å². The quantitative estimate of drug-likeness (QED) is 0.801. The van der Waals surface area contributed by atoms with Crippen molar-refractivity contribution < 1.29 is 5.11 Å². The summed E-state index contributed by atoms with van der Waals surface area (Å²) in [6.45, 7) is 4.43. The smallest absolute Gasteiger partial charge is 0.0571 e. The van der Waals surface area contributed by atoms with Crippen LogP contribution in [0.3, 0.4) is 0 Å². The number of aryl methyl sites for hydroxylation is 1. The Morgan fingerprint density at radius 3 is 2.31 bits per heavy atom. The van der Waals surface area contributed by atoms with Crippen LogP contribution in [0.25, 0.3) is 0 Å². The lowest BCUT2D eigenvalue weighted by atomic mass is 9.99. The molecule has 0 radical (unpaired) electrons. The molecule has 1 aliphatic rings. The normalized spacial score (nSPS) is 17.8. The largest absolute Gasteiger partial charge is 0.393 e. The van der Waals surface area contributed by atoms with Crippen LogP contribution in [-0.4, -0.2) is 11.2 Å². The lowest BCUT2D eigenvalue weighted by Gasteiger charge is -2.10. The van der Waals surface area contributed by atoms with Gasteiger partial charge in [0.25, 0.3) is 0 Å². The summed E-state index contributed by atoms with van der Waals surface area (Å²) < 4.78 is 0. The maximum atomic E-state index is 9.79. The molecule has 1 saturated carbocycles. The van der Waals surface area contributed by atoms with Gasteiger partial charge in [0.05, 0.1) is 6.10 Å². The topological polar surface area (TPSA) is 20.2 Å². The van der Waals surface area contributed by atoms with Crippen LogP contribution >= 0.6 is 0 Å². The molecule has 1 unspecified atom stereocenters. The van der Waals surface area contributed by atoms with Crippen LogP contribution in [0.2, 0.25) is 0 Å². The van der Waals surface area contributed by atoms with Crippen LogP contribution in [0.5, 0.6) is 0 Å². The standard InChI is InChI=1S/C15H22O/c1-11(2)13-6-3-12(4-7-13)5-10-15(16)14-8-9-14/h3-4,6-7,11,14-16H,5,8-10H2,1-2H3. The molecule has 1 heteroatoms. The molecular weight excluding hydrogens is 196 g/mol. The lowest BCUT2D eigenvalue weighted by molar-refractivity contribution is 0.142. The molecule has 0 aromatic heterocycles. The van der Waals surface area contributed by atoms with E-state index < -0.39 is 0 Å². The summed E-state index contributed by atoms with van der Waals surface area (Å²) in [5.74, 6) is 1.21. The van der Waals surface area contributed by atoms with E-state index in [9.17, 15) is 5.11 Å².